The molecule has 1 aromatic heterocycles. The SMILES string of the molecule is CCNC(=O)c1cc2c(n1S(=O)(=O)C1(C)CC=C(c3cc(C(C)(C)O)ccc3Oc3c(C)cc(C4CC4)cc3Cl)C=C1C)C(=C=O)NC=C2. The third-order valence-corrected chi connectivity index (χ3v) is 12.4. The molecule has 1 fully saturated rings. The van der Waals surface area contributed by atoms with Crippen LogP contribution in [0.25, 0.3) is 17.3 Å². The zero-order chi connectivity index (χ0) is 35.5. The van der Waals surface area contributed by atoms with Gasteiger partial charge in [-0.1, -0.05) is 35.9 Å². The molecule has 3 aliphatic rings. The van der Waals surface area contributed by atoms with Gasteiger partial charge in [-0.3, -0.25) is 4.79 Å². The quantitative estimate of drug-likeness (QED) is 0.201. The molecule has 1 atom stereocenters. The van der Waals surface area contributed by atoms with Gasteiger partial charge < -0.3 is 20.5 Å². The fourth-order valence-corrected chi connectivity index (χ4v) is 8.69. The smallest absolute Gasteiger partial charge is 0.269 e. The van der Waals surface area contributed by atoms with Crippen LogP contribution in [0, 0.1) is 6.92 Å². The fourth-order valence-electron chi connectivity index (χ4n) is 6.39. The van der Waals surface area contributed by atoms with E-state index in [4.69, 9.17) is 16.3 Å². The number of aliphatic hydroxyl groups is 1. The first-order valence-electron chi connectivity index (χ1n) is 16.3. The van der Waals surface area contributed by atoms with Crippen molar-refractivity contribution in [3.05, 3.63) is 105 Å². The normalized spacial score (nSPS) is 19.0. The van der Waals surface area contributed by atoms with Gasteiger partial charge in [0.2, 0.25) is 10.0 Å². The van der Waals surface area contributed by atoms with Crippen LogP contribution in [0.15, 0.2) is 60.3 Å². The van der Waals surface area contributed by atoms with Crippen molar-refractivity contribution in [2.24, 2.45) is 0 Å². The van der Waals surface area contributed by atoms with Crippen molar-refractivity contribution in [2.75, 3.05) is 6.54 Å². The minimum Gasteiger partial charge on any atom is -0.455 e. The molecule has 0 bridgehead atoms. The number of rotatable bonds is 9. The first-order chi connectivity index (χ1) is 23.1. The average molecular weight is 702 g/mol. The van der Waals surface area contributed by atoms with E-state index in [-0.39, 0.29) is 30.1 Å². The van der Waals surface area contributed by atoms with E-state index >= 15 is 0 Å². The zero-order valence-electron chi connectivity index (χ0n) is 28.4. The summed E-state index contributed by atoms with van der Waals surface area (Å²) in [6.07, 6.45) is 9.06. The number of aryl methyl sites for hydroxylation is 1. The Morgan fingerprint density at radius 3 is 2.55 bits per heavy atom. The Bertz CT molecular complexity index is 2120. The Kier molecular flexibility index (Phi) is 8.82. The lowest BCUT2D eigenvalue weighted by atomic mass is 9.86. The molecule has 1 aliphatic heterocycles. The maximum atomic E-state index is 14.8. The number of allylic oxidation sites excluding steroid dienone is 3. The topological polar surface area (TPSA) is 127 Å². The molecule has 6 rings (SSSR count). The predicted molar refractivity (Wildman–Crippen MR) is 193 cm³/mol. The number of nitrogens with one attached hydrogen (secondary N) is 2. The van der Waals surface area contributed by atoms with E-state index in [1.54, 1.807) is 64.8 Å². The number of fused-ring (bicyclic) bond motifs is 1. The summed E-state index contributed by atoms with van der Waals surface area (Å²) in [6, 6.07) is 11.0. The molecule has 0 radical (unpaired) electrons. The van der Waals surface area contributed by atoms with Crippen LogP contribution < -0.4 is 15.4 Å². The van der Waals surface area contributed by atoms with E-state index in [1.165, 1.54) is 17.8 Å². The number of carbonyl (C=O) groups excluding carboxylic acids is 2. The van der Waals surface area contributed by atoms with E-state index in [2.05, 4.69) is 16.7 Å². The molecule has 2 aliphatic carbocycles. The molecule has 256 valence electrons. The summed E-state index contributed by atoms with van der Waals surface area (Å²) in [4.78, 5) is 25.2. The Morgan fingerprint density at radius 1 is 1.20 bits per heavy atom. The number of hydrogen-bond acceptors (Lipinski definition) is 7. The van der Waals surface area contributed by atoms with E-state index in [1.807, 2.05) is 25.1 Å². The molecule has 0 spiro atoms. The van der Waals surface area contributed by atoms with Crippen molar-refractivity contribution in [1.82, 2.24) is 14.6 Å². The number of halogens is 1. The van der Waals surface area contributed by atoms with Gasteiger partial charge in [-0.2, -0.15) is 0 Å². The molecule has 0 saturated heterocycles. The maximum absolute atomic E-state index is 14.8. The van der Waals surface area contributed by atoms with Crippen LogP contribution in [0.2, 0.25) is 5.02 Å². The Morgan fingerprint density at radius 2 is 1.94 bits per heavy atom. The second-order valence-electron chi connectivity index (χ2n) is 13.6. The first kappa shape index (κ1) is 34.5. The van der Waals surface area contributed by atoms with Crippen molar-refractivity contribution in [1.29, 1.82) is 0 Å². The van der Waals surface area contributed by atoms with Crippen LogP contribution in [0.5, 0.6) is 11.5 Å². The van der Waals surface area contributed by atoms with Crippen LogP contribution in [0.4, 0.5) is 0 Å². The fraction of sp³-hybridized carbons (Fsp3) is 0.342. The average Bonchev–Trinajstić information content (AvgIpc) is 3.82. The maximum Gasteiger partial charge on any atom is 0.269 e. The molecule has 49 heavy (non-hydrogen) atoms. The number of ether oxygens (including phenoxy) is 1. The zero-order valence-corrected chi connectivity index (χ0v) is 30.0. The lowest BCUT2D eigenvalue weighted by Gasteiger charge is -2.34. The van der Waals surface area contributed by atoms with Gasteiger partial charge >= 0.3 is 0 Å². The van der Waals surface area contributed by atoms with Crippen LogP contribution >= 0.6 is 11.6 Å². The molecule has 2 heterocycles. The highest BCUT2D eigenvalue weighted by atomic mass is 35.5. The van der Waals surface area contributed by atoms with Crippen LogP contribution in [0.3, 0.4) is 0 Å². The largest absolute Gasteiger partial charge is 0.455 e. The number of nitrogens with zero attached hydrogens (tertiary/aromatic N) is 1. The molecule has 3 N–H and O–H groups in total. The molecule has 2 aromatic carbocycles. The first-order valence-corrected chi connectivity index (χ1v) is 18.1. The van der Waals surface area contributed by atoms with E-state index in [0.29, 0.717) is 50.3 Å². The summed E-state index contributed by atoms with van der Waals surface area (Å²) >= 11 is 6.76. The van der Waals surface area contributed by atoms with Crippen molar-refractivity contribution in [3.63, 3.8) is 0 Å². The molecule has 1 saturated carbocycles. The Balaban J connectivity index is 1.44. The van der Waals surface area contributed by atoms with Gasteiger partial charge in [-0.25, -0.2) is 17.2 Å². The van der Waals surface area contributed by atoms with Crippen LogP contribution in [-0.2, 0) is 20.4 Å². The molecule has 3 aromatic rings. The van der Waals surface area contributed by atoms with Gasteiger partial charge in [-0.15, -0.1) is 0 Å². The van der Waals surface area contributed by atoms with Crippen molar-refractivity contribution in [3.8, 4) is 11.5 Å². The summed E-state index contributed by atoms with van der Waals surface area (Å²) in [5.74, 6) is 2.77. The standard InChI is InChI=1S/C38H40ClN3O6S/c1-7-40-36(44)32-19-26-13-15-41-31(21-43)34(26)42(32)49(46,47)38(6)14-12-25(17-23(38)3)29-20-28(37(4,5)45)10-11-33(29)48-35-22(2)16-27(18-30(35)39)24-8-9-24/h10-13,15-20,24,41,45H,7-9,14H2,1-6H3,(H,40,44). The van der Waals surface area contributed by atoms with Crippen molar-refractivity contribution < 1.29 is 27.9 Å². The number of amides is 1. The highest BCUT2D eigenvalue weighted by Gasteiger charge is 2.46. The number of aromatic nitrogens is 1. The third kappa shape index (κ3) is 6.08. The van der Waals surface area contributed by atoms with Crippen molar-refractivity contribution >= 4 is 50.8 Å². The second kappa shape index (κ2) is 12.5. The second-order valence-corrected chi connectivity index (χ2v) is 16.3. The van der Waals surface area contributed by atoms with Gasteiger partial charge in [0.05, 0.1) is 16.3 Å². The predicted octanol–water partition coefficient (Wildman–Crippen LogP) is 7.21. The van der Waals surface area contributed by atoms with E-state index < -0.39 is 26.3 Å². The third-order valence-electron chi connectivity index (χ3n) is 9.62. The highest BCUT2D eigenvalue weighted by molar-refractivity contribution is 7.91. The summed E-state index contributed by atoms with van der Waals surface area (Å²) in [7, 11) is -4.38. The van der Waals surface area contributed by atoms with Gasteiger partial charge in [-0.05, 0) is 125 Å². The molecule has 9 nitrogen and oxygen atoms in total. The summed E-state index contributed by atoms with van der Waals surface area (Å²) < 4.78 is 35.5. The molecule has 11 heteroatoms. The lowest BCUT2D eigenvalue weighted by molar-refractivity contribution is 0.0785. The lowest BCUT2D eigenvalue weighted by Crippen LogP contribution is -2.44. The van der Waals surface area contributed by atoms with Crippen LogP contribution in [0.1, 0.15) is 104 Å². The number of hydrogen-bond donors (Lipinski definition) is 3. The van der Waals surface area contributed by atoms with Gasteiger partial charge in [0.25, 0.3) is 5.91 Å². The monoisotopic (exact) mass is 701 g/mol. The van der Waals surface area contributed by atoms with E-state index in [0.717, 1.165) is 22.4 Å². The Labute approximate surface area is 292 Å². The minimum atomic E-state index is -4.38. The van der Waals surface area contributed by atoms with Gasteiger partial charge in [0.1, 0.15) is 27.6 Å². The number of benzene rings is 2. The van der Waals surface area contributed by atoms with Gasteiger partial charge in [0, 0.05) is 23.9 Å². The van der Waals surface area contributed by atoms with Crippen molar-refractivity contribution in [2.45, 2.75) is 77.1 Å². The molecular formula is C38H40ClN3O6S. The molecular weight excluding hydrogens is 662 g/mol. The summed E-state index contributed by atoms with van der Waals surface area (Å²) in [5.41, 5.74) is 3.72. The van der Waals surface area contributed by atoms with Gasteiger partial charge in [0.15, 0.2) is 5.94 Å². The summed E-state index contributed by atoms with van der Waals surface area (Å²) in [6.45, 7) is 10.7. The molecule has 1 unspecified atom stereocenters. The highest BCUT2D eigenvalue weighted by Crippen LogP contribution is 2.47. The summed E-state index contributed by atoms with van der Waals surface area (Å²) in [5, 5.41) is 16.9. The Hall–Kier alpha value is -4.34. The number of carbonyl (C=O) groups is 1. The van der Waals surface area contributed by atoms with E-state index in [9.17, 15) is 23.1 Å². The van der Waals surface area contributed by atoms with Crippen LogP contribution in [-0.4, -0.2) is 40.6 Å². The minimum absolute atomic E-state index is 0.0419. The molecule has 1 amide bonds.